The normalized spacial score (nSPS) is 18.4. The Morgan fingerprint density at radius 3 is 3.07 bits per heavy atom. The van der Waals surface area contributed by atoms with E-state index in [0.717, 1.165) is 31.6 Å². The van der Waals surface area contributed by atoms with Crippen LogP contribution in [-0.4, -0.2) is 29.8 Å². The topological polar surface area (TPSA) is 39.1 Å². The summed E-state index contributed by atoms with van der Waals surface area (Å²) in [5.41, 5.74) is 0. The van der Waals surface area contributed by atoms with E-state index in [0.29, 0.717) is 0 Å². The van der Waals surface area contributed by atoms with Gasteiger partial charge in [-0.15, -0.1) is 0 Å². The average Bonchev–Trinajstić information content (AvgIpc) is 2.67. The molecule has 0 aliphatic carbocycles. The molecule has 1 aromatic heterocycles. The zero-order valence-electron chi connectivity index (χ0n) is 8.57. The van der Waals surface area contributed by atoms with Crippen molar-refractivity contribution in [1.82, 2.24) is 9.55 Å². The van der Waals surface area contributed by atoms with E-state index in [-0.39, 0.29) is 0 Å². The summed E-state index contributed by atoms with van der Waals surface area (Å²) in [5.74, 6) is 1.70. The van der Waals surface area contributed by atoms with Crippen LogP contribution in [0.25, 0.3) is 0 Å². The third kappa shape index (κ3) is 2.07. The quantitative estimate of drug-likeness (QED) is 0.791. The SMILES string of the molecule is CNc1nccn1CC1CCOCC1. The fourth-order valence-electron chi connectivity index (χ4n) is 1.89. The molecule has 0 spiro atoms. The third-order valence-electron chi connectivity index (χ3n) is 2.73. The molecule has 2 rings (SSSR count). The number of imidazole rings is 1. The Morgan fingerprint density at radius 1 is 1.57 bits per heavy atom. The Balaban J connectivity index is 1.95. The highest BCUT2D eigenvalue weighted by atomic mass is 16.5. The van der Waals surface area contributed by atoms with Crippen molar-refractivity contribution < 1.29 is 4.74 Å². The van der Waals surface area contributed by atoms with Crippen LogP contribution in [0.1, 0.15) is 12.8 Å². The van der Waals surface area contributed by atoms with Crippen molar-refractivity contribution in [3.63, 3.8) is 0 Å². The van der Waals surface area contributed by atoms with E-state index in [1.54, 1.807) is 0 Å². The van der Waals surface area contributed by atoms with E-state index in [2.05, 4.69) is 14.9 Å². The molecule has 0 atom stereocenters. The van der Waals surface area contributed by atoms with Gasteiger partial charge >= 0.3 is 0 Å². The molecule has 0 saturated carbocycles. The van der Waals surface area contributed by atoms with Gasteiger partial charge in [0.25, 0.3) is 0 Å². The molecule has 1 aliphatic heterocycles. The summed E-state index contributed by atoms with van der Waals surface area (Å²) in [5, 5.41) is 3.09. The van der Waals surface area contributed by atoms with Crippen molar-refractivity contribution in [2.75, 3.05) is 25.6 Å². The molecule has 78 valence electrons. The number of nitrogens with zero attached hydrogens (tertiary/aromatic N) is 2. The Hall–Kier alpha value is -1.03. The first-order valence-corrected chi connectivity index (χ1v) is 5.17. The maximum atomic E-state index is 5.33. The van der Waals surface area contributed by atoms with E-state index in [4.69, 9.17) is 4.74 Å². The van der Waals surface area contributed by atoms with E-state index in [1.807, 2.05) is 19.4 Å². The minimum absolute atomic E-state index is 0.741. The predicted molar refractivity (Wildman–Crippen MR) is 55.3 cm³/mol. The standard InChI is InChI=1S/C10H17N3O/c1-11-10-12-4-5-13(10)8-9-2-6-14-7-3-9/h4-5,9H,2-3,6-8H2,1H3,(H,11,12). The van der Waals surface area contributed by atoms with Gasteiger partial charge in [0.15, 0.2) is 0 Å². The van der Waals surface area contributed by atoms with Crippen LogP contribution in [0, 0.1) is 5.92 Å². The molecule has 0 amide bonds. The molecule has 0 bridgehead atoms. The summed E-state index contributed by atoms with van der Waals surface area (Å²) in [4.78, 5) is 4.22. The molecule has 1 N–H and O–H groups in total. The van der Waals surface area contributed by atoms with Gasteiger partial charge in [-0.05, 0) is 18.8 Å². The number of rotatable bonds is 3. The van der Waals surface area contributed by atoms with Crippen molar-refractivity contribution in [3.05, 3.63) is 12.4 Å². The first-order valence-electron chi connectivity index (χ1n) is 5.17. The lowest BCUT2D eigenvalue weighted by molar-refractivity contribution is 0.0614. The summed E-state index contributed by atoms with van der Waals surface area (Å²) in [6.07, 6.45) is 6.20. The fraction of sp³-hybridized carbons (Fsp3) is 0.700. The van der Waals surface area contributed by atoms with Gasteiger partial charge in [0.2, 0.25) is 5.95 Å². The number of hydrogen-bond acceptors (Lipinski definition) is 3. The van der Waals surface area contributed by atoms with Crippen LogP contribution in [-0.2, 0) is 11.3 Å². The van der Waals surface area contributed by atoms with Crippen molar-refractivity contribution in [2.45, 2.75) is 19.4 Å². The molecule has 1 aliphatic rings. The molecule has 0 unspecified atom stereocenters. The zero-order valence-corrected chi connectivity index (χ0v) is 8.57. The van der Waals surface area contributed by atoms with E-state index in [1.165, 1.54) is 12.8 Å². The third-order valence-corrected chi connectivity index (χ3v) is 2.73. The van der Waals surface area contributed by atoms with Crippen LogP contribution in [0.2, 0.25) is 0 Å². The Morgan fingerprint density at radius 2 is 2.36 bits per heavy atom. The molecule has 2 heterocycles. The van der Waals surface area contributed by atoms with Crippen LogP contribution >= 0.6 is 0 Å². The Bertz CT molecular complexity index is 279. The number of anilines is 1. The summed E-state index contributed by atoms with van der Waals surface area (Å²) in [7, 11) is 1.91. The average molecular weight is 195 g/mol. The van der Waals surface area contributed by atoms with Crippen LogP contribution < -0.4 is 5.32 Å². The zero-order chi connectivity index (χ0) is 9.80. The molecule has 0 radical (unpaired) electrons. The van der Waals surface area contributed by atoms with E-state index in [9.17, 15) is 0 Å². The predicted octanol–water partition coefficient (Wildman–Crippen LogP) is 1.35. The molecule has 0 aromatic carbocycles. The number of aromatic nitrogens is 2. The second kappa shape index (κ2) is 4.46. The number of nitrogens with one attached hydrogen (secondary N) is 1. The second-order valence-corrected chi connectivity index (χ2v) is 3.71. The highest BCUT2D eigenvalue weighted by molar-refractivity contribution is 5.24. The van der Waals surface area contributed by atoms with Gasteiger partial charge in [-0.3, -0.25) is 0 Å². The van der Waals surface area contributed by atoms with Gasteiger partial charge in [0.05, 0.1) is 0 Å². The van der Waals surface area contributed by atoms with Crippen molar-refractivity contribution in [3.8, 4) is 0 Å². The minimum Gasteiger partial charge on any atom is -0.381 e. The molecule has 4 heteroatoms. The highest BCUT2D eigenvalue weighted by Crippen LogP contribution is 2.18. The molecular weight excluding hydrogens is 178 g/mol. The van der Waals surface area contributed by atoms with Gasteiger partial charge in [-0.1, -0.05) is 0 Å². The van der Waals surface area contributed by atoms with E-state index < -0.39 is 0 Å². The van der Waals surface area contributed by atoms with Crippen LogP contribution in [0.15, 0.2) is 12.4 Å². The molecule has 14 heavy (non-hydrogen) atoms. The number of ether oxygens (including phenoxy) is 1. The first kappa shape index (κ1) is 9.52. The monoisotopic (exact) mass is 195 g/mol. The molecule has 4 nitrogen and oxygen atoms in total. The summed E-state index contributed by atoms with van der Waals surface area (Å²) < 4.78 is 7.51. The molecule has 1 aromatic rings. The van der Waals surface area contributed by atoms with Crippen molar-refractivity contribution in [1.29, 1.82) is 0 Å². The second-order valence-electron chi connectivity index (χ2n) is 3.71. The van der Waals surface area contributed by atoms with Gasteiger partial charge in [0, 0.05) is 39.2 Å². The summed E-state index contributed by atoms with van der Waals surface area (Å²) in [6.45, 7) is 2.88. The lowest BCUT2D eigenvalue weighted by Gasteiger charge is -2.22. The van der Waals surface area contributed by atoms with Crippen LogP contribution in [0.3, 0.4) is 0 Å². The maximum Gasteiger partial charge on any atom is 0.202 e. The van der Waals surface area contributed by atoms with Crippen molar-refractivity contribution >= 4 is 5.95 Å². The first-order chi connectivity index (χ1) is 6.90. The van der Waals surface area contributed by atoms with Gasteiger partial charge in [-0.25, -0.2) is 4.98 Å². The summed E-state index contributed by atoms with van der Waals surface area (Å²) in [6, 6.07) is 0. The van der Waals surface area contributed by atoms with Gasteiger partial charge in [0.1, 0.15) is 0 Å². The lowest BCUT2D eigenvalue weighted by atomic mass is 10.0. The van der Waals surface area contributed by atoms with Crippen LogP contribution in [0.4, 0.5) is 5.95 Å². The number of hydrogen-bond donors (Lipinski definition) is 1. The van der Waals surface area contributed by atoms with Gasteiger partial charge in [-0.2, -0.15) is 0 Å². The maximum absolute atomic E-state index is 5.33. The van der Waals surface area contributed by atoms with Crippen molar-refractivity contribution in [2.24, 2.45) is 5.92 Å². The van der Waals surface area contributed by atoms with Gasteiger partial charge < -0.3 is 14.6 Å². The molecular formula is C10H17N3O. The lowest BCUT2D eigenvalue weighted by Crippen LogP contribution is -2.20. The largest absolute Gasteiger partial charge is 0.381 e. The Kier molecular flexibility index (Phi) is 3.03. The van der Waals surface area contributed by atoms with E-state index >= 15 is 0 Å². The minimum atomic E-state index is 0.741. The highest BCUT2D eigenvalue weighted by Gasteiger charge is 2.15. The molecule has 1 saturated heterocycles. The fourth-order valence-corrected chi connectivity index (χ4v) is 1.89. The molecule has 1 fully saturated rings. The smallest absolute Gasteiger partial charge is 0.202 e. The van der Waals surface area contributed by atoms with Crippen LogP contribution in [0.5, 0.6) is 0 Å². The summed E-state index contributed by atoms with van der Waals surface area (Å²) >= 11 is 0. The Labute approximate surface area is 84.3 Å².